The number of carbonyl (C=O) groups is 1. The third kappa shape index (κ3) is 4.13. The maximum Gasteiger partial charge on any atom is 0.416 e. The molecule has 0 unspecified atom stereocenters. The molecule has 7 nitrogen and oxygen atoms in total. The molecule has 0 aliphatic heterocycles. The number of rotatable bonds is 4. The number of hydrogen-bond donors (Lipinski definition) is 1. The lowest BCUT2D eigenvalue weighted by atomic mass is 10.1. The molecule has 3 aromatic heterocycles. The van der Waals surface area contributed by atoms with Gasteiger partial charge in [0.2, 0.25) is 0 Å². The van der Waals surface area contributed by atoms with Gasteiger partial charge >= 0.3 is 6.18 Å². The van der Waals surface area contributed by atoms with Crippen LogP contribution in [0, 0.1) is 6.92 Å². The predicted octanol–water partition coefficient (Wildman–Crippen LogP) is 5.16. The van der Waals surface area contributed by atoms with Gasteiger partial charge in [-0.3, -0.25) is 4.79 Å². The molecule has 5 rings (SSSR count). The Morgan fingerprint density at radius 2 is 1.71 bits per heavy atom. The number of aromatic nitrogens is 5. The molecule has 0 bridgehead atoms. The second kappa shape index (κ2) is 8.14. The Balaban J connectivity index is 1.38. The summed E-state index contributed by atoms with van der Waals surface area (Å²) in [4.78, 5) is 16.9. The summed E-state index contributed by atoms with van der Waals surface area (Å²) in [6, 6.07) is 11.2. The minimum Gasteiger partial charge on any atom is -0.322 e. The summed E-state index contributed by atoms with van der Waals surface area (Å²) in [5.74, 6) is -0.511. The Kier molecular flexibility index (Phi) is 5.12. The Hall–Kier alpha value is -4.47. The summed E-state index contributed by atoms with van der Waals surface area (Å²) in [5.41, 5.74) is 3.88. The summed E-state index contributed by atoms with van der Waals surface area (Å²) in [6.45, 7) is 1.91. The standard InChI is InChI=1S/C24H17F3N6O/c1-15-2-7-20(31-23(34)16-3-5-19(6-4-16)24(25,26)27)10-21(15)32-13-18(12-30-32)17-11-28-22-8-9-29-33(22)14-17/h2-14H,1H3,(H,31,34). The molecule has 1 amide bonds. The van der Waals surface area contributed by atoms with Crippen molar-refractivity contribution in [1.82, 2.24) is 24.4 Å². The molecule has 10 heteroatoms. The number of hydrogen-bond acceptors (Lipinski definition) is 4. The molecule has 0 saturated heterocycles. The Morgan fingerprint density at radius 3 is 2.47 bits per heavy atom. The van der Waals surface area contributed by atoms with E-state index < -0.39 is 17.6 Å². The first-order valence-corrected chi connectivity index (χ1v) is 10.2. The van der Waals surface area contributed by atoms with Gasteiger partial charge in [-0.25, -0.2) is 14.2 Å². The van der Waals surface area contributed by atoms with E-state index in [9.17, 15) is 18.0 Å². The maximum atomic E-state index is 12.8. The van der Waals surface area contributed by atoms with Crippen molar-refractivity contribution in [2.24, 2.45) is 0 Å². The van der Waals surface area contributed by atoms with Gasteiger partial charge in [0.05, 0.1) is 23.6 Å². The molecule has 3 heterocycles. The van der Waals surface area contributed by atoms with E-state index >= 15 is 0 Å². The van der Waals surface area contributed by atoms with Crippen LogP contribution >= 0.6 is 0 Å². The van der Waals surface area contributed by atoms with Gasteiger partial charge in [0.15, 0.2) is 5.65 Å². The van der Waals surface area contributed by atoms with Crippen molar-refractivity contribution >= 4 is 17.2 Å². The van der Waals surface area contributed by atoms with Gasteiger partial charge in [-0.1, -0.05) is 6.07 Å². The fourth-order valence-corrected chi connectivity index (χ4v) is 3.51. The molecule has 170 valence electrons. The monoisotopic (exact) mass is 462 g/mol. The fourth-order valence-electron chi connectivity index (χ4n) is 3.51. The number of anilines is 1. The third-order valence-corrected chi connectivity index (χ3v) is 5.35. The second-order valence-corrected chi connectivity index (χ2v) is 7.68. The van der Waals surface area contributed by atoms with E-state index in [0.29, 0.717) is 5.69 Å². The quantitative estimate of drug-likeness (QED) is 0.400. The van der Waals surface area contributed by atoms with Gasteiger partial charge in [-0.2, -0.15) is 23.4 Å². The summed E-state index contributed by atoms with van der Waals surface area (Å²) >= 11 is 0. The number of carbonyl (C=O) groups excluding carboxylic acids is 1. The van der Waals surface area contributed by atoms with Crippen LogP contribution in [-0.2, 0) is 6.18 Å². The lowest BCUT2D eigenvalue weighted by Crippen LogP contribution is -2.13. The summed E-state index contributed by atoms with van der Waals surface area (Å²) in [7, 11) is 0. The van der Waals surface area contributed by atoms with E-state index in [1.807, 2.05) is 25.4 Å². The zero-order chi connectivity index (χ0) is 23.9. The predicted molar refractivity (Wildman–Crippen MR) is 120 cm³/mol. The first-order chi connectivity index (χ1) is 16.3. The van der Waals surface area contributed by atoms with Crippen molar-refractivity contribution in [3.8, 4) is 16.8 Å². The Labute approximate surface area is 191 Å². The van der Waals surface area contributed by atoms with Crippen LogP contribution in [0.5, 0.6) is 0 Å². The fraction of sp³-hybridized carbons (Fsp3) is 0.0833. The summed E-state index contributed by atoms with van der Waals surface area (Å²) in [6.07, 6.45) is 4.37. The van der Waals surface area contributed by atoms with E-state index in [-0.39, 0.29) is 5.56 Å². The molecule has 0 aliphatic rings. The molecule has 34 heavy (non-hydrogen) atoms. The average Bonchev–Trinajstić information content (AvgIpc) is 3.49. The first-order valence-electron chi connectivity index (χ1n) is 10.2. The average molecular weight is 462 g/mol. The van der Waals surface area contributed by atoms with Crippen molar-refractivity contribution in [3.63, 3.8) is 0 Å². The normalized spacial score (nSPS) is 11.6. The largest absolute Gasteiger partial charge is 0.416 e. The molecule has 0 spiro atoms. The number of amides is 1. The lowest BCUT2D eigenvalue weighted by molar-refractivity contribution is -0.137. The van der Waals surface area contributed by atoms with Gasteiger partial charge in [-0.15, -0.1) is 0 Å². The number of nitrogens with zero attached hydrogens (tertiary/aromatic N) is 5. The van der Waals surface area contributed by atoms with E-state index in [1.54, 1.807) is 46.0 Å². The highest BCUT2D eigenvalue weighted by molar-refractivity contribution is 6.04. The zero-order valence-electron chi connectivity index (χ0n) is 17.8. The minimum atomic E-state index is -4.45. The number of halogens is 3. The van der Waals surface area contributed by atoms with Gasteiger partial charge in [0.25, 0.3) is 5.91 Å². The van der Waals surface area contributed by atoms with Crippen molar-refractivity contribution in [1.29, 1.82) is 0 Å². The van der Waals surface area contributed by atoms with E-state index in [1.165, 1.54) is 0 Å². The Bertz CT molecular complexity index is 1500. The first kappa shape index (κ1) is 21.4. The van der Waals surface area contributed by atoms with Crippen LogP contribution in [0.15, 0.2) is 79.5 Å². The molecular formula is C24H17F3N6O. The molecule has 0 saturated carbocycles. The number of fused-ring (bicyclic) bond motifs is 1. The van der Waals surface area contributed by atoms with Gasteiger partial charge in [0.1, 0.15) is 0 Å². The number of benzene rings is 2. The van der Waals surface area contributed by atoms with Crippen LogP contribution in [0.25, 0.3) is 22.5 Å². The zero-order valence-corrected chi connectivity index (χ0v) is 17.8. The molecule has 1 N–H and O–H groups in total. The van der Waals surface area contributed by atoms with Crippen LogP contribution in [0.3, 0.4) is 0 Å². The number of aryl methyl sites for hydroxylation is 1. The van der Waals surface area contributed by atoms with E-state index in [0.717, 1.165) is 52.3 Å². The van der Waals surface area contributed by atoms with Crippen molar-refractivity contribution < 1.29 is 18.0 Å². The Morgan fingerprint density at radius 1 is 0.941 bits per heavy atom. The third-order valence-electron chi connectivity index (χ3n) is 5.35. The van der Waals surface area contributed by atoms with Crippen LogP contribution in [0.1, 0.15) is 21.5 Å². The van der Waals surface area contributed by atoms with Gasteiger partial charge < -0.3 is 5.32 Å². The molecular weight excluding hydrogens is 445 g/mol. The van der Waals surface area contributed by atoms with Crippen molar-refractivity contribution in [2.45, 2.75) is 13.1 Å². The van der Waals surface area contributed by atoms with Crippen molar-refractivity contribution in [3.05, 3.63) is 96.2 Å². The molecule has 0 fully saturated rings. The van der Waals surface area contributed by atoms with Crippen LogP contribution in [0.2, 0.25) is 0 Å². The molecule has 0 atom stereocenters. The van der Waals surface area contributed by atoms with Crippen LogP contribution in [-0.4, -0.2) is 30.3 Å². The molecule has 2 aromatic carbocycles. The van der Waals surface area contributed by atoms with E-state index in [4.69, 9.17) is 0 Å². The second-order valence-electron chi connectivity index (χ2n) is 7.68. The summed E-state index contributed by atoms with van der Waals surface area (Å²) in [5, 5.41) is 11.4. The highest BCUT2D eigenvalue weighted by Gasteiger charge is 2.30. The topological polar surface area (TPSA) is 77.1 Å². The van der Waals surface area contributed by atoms with Crippen LogP contribution < -0.4 is 5.32 Å². The SMILES string of the molecule is Cc1ccc(NC(=O)c2ccc(C(F)(F)F)cc2)cc1-n1cc(-c2cnc3ccnn3c2)cn1. The number of nitrogens with one attached hydrogen (secondary N) is 1. The minimum absolute atomic E-state index is 0.123. The van der Waals surface area contributed by atoms with Gasteiger partial charge in [0, 0.05) is 47.0 Å². The molecule has 5 aromatic rings. The highest BCUT2D eigenvalue weighted by Crippen LogP contribution is 2.29. The van der Waals surface area contributed by atoms with Gasteiger partial charge in [-0.05, 0) is 48.9 Å². The highest BCUT2D eigenvalue weighted by atomic mass is 19.4. The molecule has 0 radical (unpaired) electrons. The smallest absolute Gasteiger partial charge is 0.322 e. The van der Waals surface area contributed by atoms with Crippen LogP contribution in [0.4, 0.5) is 18.9 Å². The summed E-state index contributed by atoms with van der Waals surface area (Å²) < 4.78 is 41.6. The van der Waals surface area contributed by atoms with Crippen molar-refractivity contribution in [2.75, 3.05) is 5.32 Å². The molecule has 0 aliphatic carbocycles. The number of alkyl halides is 3. The maximum absolute atomic E-state index is 12.8. The van der Waals surface area contributed by atoms with E-state index in [2.05, 4.69) is 20.5 Å². The lowest BCUT2D eigenvalue weighted by Gasteiger charge is -2.11.